The number of morpholine rings is 1. The summed E-state index contributed by atoms with van der Waals surface area (Å²) in [4.78, 5) is 26.8. The molecule has 0 radical (unpaired) electrons. The molecule has 2 fully saturated rings. The Labute approximate surface area is 227 Å². The molecule has 2 saturated heterocycles. The number of aromatic nitrogens is 3. The molecule has 3 aromatic heterocycles. The number of imidazole rings is 1. The van der Waals surface area contributed by atoms with Crippen molar-refractivity contribution in [3.05, 3.63) is 90.9 Å². The Morgan fingerprint density at radius 1 is 0.821 bits per heavy atom. The maximum Gasteiger partial charge on any atom is 0.253 e. The topological polar surface area (TPSA) is 63.0 Å². The molecule has 39 heavy (non-hydrogen) atoms. The lowest BCUT2D eigenvalue weighted by Crippen LogP contribution is -2.50. The summed E-state index contributed by atoms with van der Waals surface area (Å²) in [6.45, 7) is 5.28. The number of amides is 1. The van der Waals surface area contributed by atoms with Crippen molar-refractivity contribution in [2.24, 2.45) is 0 Å². The minimum absolute atomic E-state index is 0.125. The number of ether oxygens (including phenoxy) is 1. The van der Waals surface area contributed by atoms with Crippen LogP contribution in [0.1, 0.15) is 23.2 Å². The van der Waals surface area contributed by atoms with Gasteiger partial charge in [0, 0.05) is 61.1 Å². The average molecular weight is 518 g/mol. The van der Waals surface area contributed by atoms with Crippen LogP contribution in [0.3, 0.4) is 0 Å². The third-order valence-corrected chi connectivity index (χ3v) is 8.18. The number of nitrogens with zero attached hydrogens (tertiary/aromatic N) is 5. The molecular formula is C32H31N5O2. The number of pyridine rings is 2. The van der Waals surface area contributed by atoms with E-state index in [1.807, 2.05) is 53.7 Å². The Morgan fingerprint density at radius 3 is 2.41 bits per heavy atom. The molecule has 0 N–H and O–H groups in total. The first-order valence-corrected chi connectivity index (χ1v) is 13.8. The van der Waals surface area contributed by atoms with Crippen molar-refractivity contribution in [3.8, 4) is 22.4 Å². The third-order valence-electron chi connectivity index (χ3n) is 8.18. The summed E-state index contributed by atoms with van der Waals surface area (Å²) >= 11 is 0. The molecule has 0 bridgehead atoms. The number of carbonyl (C=O) groups is 1. The Kier molecular flexibility index (Phi) is 6.31. The van der Waals surface area contributed by atoms with Gasteiger partial charge in [0.2, 0.25) is 0 Å². The molecule has 0 saturated carbocycles. The molecular weight excluding hydrogens is 486 g/mol. The molecule has 0 aliphatic carbocycles. The first kappa shape index (κ1) is 24.0. The lowest BCUT2D eigenvalue weighted by Gasteiger charge is -2.40. The maximum absolute atomic E-state index is 13.2. The number of hydrogen-bond donors (Lipinski definition) is 0. The summed E-state index contributed by atoms with van der Waals surface area (Å²) in [5.74, 6) is 0.125. The number of hydrogen-bond acceptors (Lipinski definition) is 5. The summed E-state index contributed by atoms with van der Waals surface area (Å²) in [7, 11) is 0. The van der Waals surface area contributed by atoms with Gasteiger partial charge in [-0.15, -0.1) is 0 Å². The van der Waals surface area contributed by atoms with Gasteiger partial charge in [-0.25, -0.2) is 4.98 Å². The first-order valence-electron chi connectivity index (χ1n) is 13.8. The fourth-order valence-electron chi connectivity index (χ4n) is 5.96. The highest BCUT2D eigenvalue weighted by molar-refractivity contribution is 5.94. The number of carbonyl (C=O) groups excluding carboxylic acids is 1. The quantitative estimate of drug-likeness (QED) is 0.330. The van der Waals surface area contributed by atoms with E-state index in [0.717, 1.165) is 96.7 Å². The molecule has 0 spiro atoms. The van der Waals surface area contributed by atoms with Gasteiger partial charge in [0.1, 0.15) is 5.65 Å². The molecule has 5 aromatic rings. The highest BCUT2D eigenvalue weighted by Gasteiger charge is 2.28. The standard InChI is InChI=1S/C32H31N5O2/c38-32(36-14-11-28(12-15-36)35-16-18-39-19-17-35)24-5-3-23(4-6-24)27-8-10-31-34-21-30(37(31)22-27)26-7-9-29-25(20-26)2-1-13-33-29/h1-10,13,20-22,28H,11-12,14-19H2. The molecule has 7 heteroatoms. The maximum atomic E-state index is 13.2. The van der Waals surface area contributed by atoms with E-state index in [-0.39, 0.29) is 5.91 Å². The van der Waals surface area contributed by atoms with Gasteiger partial charge in [0.15, 0.2) is 0 Å². The molecule has 2 aliphatic heterocycles. The summed E-state index contributed by atoms with van der Waals surface area (Å²) in [6.07, 6.45) is 7.92. The van der Waals surface area contributed by atoms with E-state index in [4.69, 9.17) is 4.74 Å². The smallest absolute Gasteiger partial charge is 0.253 e. The van der Waals surface area contributed by atoms with Crippen LogP contribution in [0, 0.1) is 0 Å². The van der Waals surface area contributed by atoms with Crippen LogP contribution in [0.25, 0.3) is 38.9 Å². The van der Waals surface area contributed by atoms with Crippen molar-refractivity contribution >= 4 is 22.5 Å². The van der Waals surface area contributed by atoms with Gasteiger partial charge in [0.05, 0.1) is 30.6 Å². The number of likely N-dealkylation sites (tertiary alicyclic amines) is 1. The predicted molar refractivity (Wildman–Crippen MR) is 153 cm³/mol. The number of rotatable bonds is 4. The van der Waals surface area contributed by atoms with Crippen LogP contribution in [0.5, 0.6) is 0 Å². The first-order chi connectivity index (χ1) is 19.2. The largest absolute Gasteiger partial charge is 0.379 e. The van der Waals surface area contributed by atoms with Crippen LogP contribution in [0.15, 0.2) is 85.3 Å². The van der Waals surface area contributed by atoms with Crippen molar-refractivity contribution in [2.45, 2.75) is 18.9 Å². The number of piperidine rings is 1. The Hall–Kier alpha value is -4.07. The lowest BCUT2D eigenvalue weighted by atomic mass is 10.0. The van der Waals surface area contributed by atoms with Crippen molar-refractivity contribution in [3.63, 3.8) is 0 Å². The molecule has 0 unspecified atom stereocenters. The lowest BCUT2D eigenvalue weighted by molar-refractivity contribution is 0.00159. The van der Waals surface area contributed by atoms with Crippen molar-refractivity contribution < 1.29 is 9.53 Å². The van der Waals surface area contributed by atoms with Gasteiger partial charge in [-0.3, -0.25) is 19.1 Å². The molecule has 2 aromatic carbocycles. The van der Waals surface area contributed by atoms with Crippen LogP contribution >= 0.6 is 0 Å². The summed E-state index contributed by atoms with van der Waals surface area (Å²) in [5, 5.41) is 1.10. The van der Waals surface area contributed by atoms with Crippen LogP contribution in [-0.4, -0.2) is 75.5 Å². The predicted octanol–water partition coefficient (Wildman–Crippen LogP) is 5.15. The summed E-state index contributed by atoms with van der Waals surface area (Å²) in [6, 6.07) is 23.0. The van der Waals surface area contributed by atoms with Crippen molar-refractivity contribution in [1.82, 2.24) is 24.2 Å². The van der Waals surface area contributed by atoms with E-state index in [2.05, 4.69) is 55.8 Å². The molecule has 2 aliphatic rings. The minimum Gasteiger partial charge on any atom is -0.379 e. The van der Waals surface area contributed by atoms with Crippen molar-refractivity contribution in [2.75, 3.05) is 39.4 Å². The Balaban J connectivity index is 1.08. The average Bonchev–Trinajstić information content (AvgIpc) is 3.44. The van der Waals surface area contributed by atoms with Crippen molar-refractivity contribution in [1.29, 1.82) is 0 Å². The molecule has 0 atom stereocenters. The fourth-order valence-corrected chi connectivity index (χ4v) is 5.96. The van der Waals surface area contributed by atoms with E-state index in [9.17, 15) is 4.79 Å². The van der Waals surface area contributed by atoms with Crippen LogP contribution in [0.2, 0.25) is 0 Å². The second kappa shape index (κ2) is 10.2. The van der Waals surface area contributed by atoms with E-state index in [1.165, 1.54) is 0 Å². The van der Waals surface area contributed by atoms with Crippen LogP contribution in [-0.2, 0) is 4.74 Å². The highest BCUT2D eigenvalue weighted by Crippen LogP contribution is 2.28. The monoisotopic (exact) mass is 517 g/mol. The summed E-state index contributed by atoms with van der Waals surface area (Å²) < 4.78 is 7.62. The van der Waals surface area contributed by atoms with Gasteiger partial charge in [0.25, 0.3) is 5.91 Å². The number of benzene rings is 2. The van der Waals surface area contributed by atoms with Gasteiger partial charge in [-0.2, -0.15) is 0 Å². The molecule has 1 amide bonds. The van der Waals surface area contributed by atoms with Gasteiger partial charge in [-0.05, 0) is 66.4 Å². The van der Waals surface area contributed by atoms with Gasteiger partial charge in [-0.1, -0.05) is 24.3 Å². The van der Waals surface area contributed by atoms with E-state index in [1.54, 1.807) is 0 Å². The van der Waals surface area contributed by atoms with Gasteiger partial charge >= 0.3 is 0 Å². The zero-order valence-corrected chi connectivity index (χ0v) is 21.9. The minimum atomic E-state index is 0.125. The van der Waals surface area contributed by atoms with E-state index in [0.29, 0.717) is 6.04 Å². The summed E-state index contributed by atoms with van der Waals surface area (Å²) in [5.41, 5.74) is 6.90. The zero-order chi connectivity index (χ0) is 26.2. The second-order valence-corrected chi connectivity index (χ2v) is 10.4. The Morgan fingerprint density at radius 2 is 1.59 bits per heavy atom. The van der Waals surface area contributed by atoms with E-state index < -0.39 is 0 Å². The molecule has 196 valence electrons. The third kappa shape index (κ3) is 4.68. The highest BCUT2D eigenvalue weighted by atomic mass is 16.5. The number of fused-ring (bicyclic) bond motifs is 2. The normalized spacial score (nSPS) is 17.2. The van der Waals surface area contributed by atoms with Gasteiger partial charge < -0.3 is 9.64 Å². The van der Waals surface area contributed by atoms with Crippen LogP contribution in [0.4, 0.5) is 0 Å². The van der Waals surface area contributed by atoms with Crippen LogP contribution < -0.4 is 0 Å². The zero-order valence-electron chi connectivity index (χ0n) is 21.9. The molecule has 5 heterocycles. The fraction of sp³-hybridized carbons (Fsp3) is 0.281. The Bertz CT molecular complexity index is 1630. The van der Waals surface area contributed by atoms with E-state index >= 15 is 0 Å². The SMILES string of the molecule is O=C(c1ccc(-c2ccc3ncc(-c4ccc5ncccc5c4)n3c2)cc1)N1CCC(N2CCOCC2)CC1. The molecule has 7 rings (SSSR count). The molecule has 7 nitrogen and oxygen atoms in total. The second-order valence-electron chi connectivity index (χ2n) is 10.4.